The first-order valence-corrected chi connectivity index (χ1v) is 7.45. The molecule has 0 aliphatic carbocycles. The van der Waals surface area contributed by atoms with Crippen molar-refractivity contribution in [1.29, 1.82) is 0 Å². The van der Waals surface area contributed by atoms with Crippen molar-refractivity contribution in [3.63, 3.8) is 0 Å². The largest absolute Gasteiger partial charge is 0.476 e. The molecule has 0 aliphatic rings. The zero-order chi connectivity index (χ0) is 15.1. The molecule has 0 spiro atoms. The van der Waals surface area contributed by atoms with E-state index >= 15 is 0 Å². The van der Waals surface area contributed by atoms with E-state index in [4.69, 9.17) is 0 Å². The van der Waals surface area contributed by atoms with Crippen LogP contribution in [0.5, 0.6) is 0 Å². The summed E-state index contributed by atoms with van der Waals surface area (Å²) in [7, 11) is 0. The van der Waals surface area contributed by atoms with Crippen LogP contribution in [0.2, 0.25) is 0 Å². The smallest absolute Gasteiger partial charge is 0.358 e. The third-order valence-corrected chi connectivity index (χ3v) is 3.88. The van der Waals surface area contributed by atoms with Gasteiger partial charge < -0.3 is 5.11 Å². The molecule has 7 heteroatoms. The highest BCUT2D eigenvalue weighted by Gasteiger charge is 2.30. The number of hydrogen-bond acceptors (Lipinski definition) is 3. The number of aromatic carboxylic acids is 1. The van der Waals surface area contributed by atoms with E-state index in [9.17, 15) is 9.90 Å². The summed E-state index contributed by atoms with van der Waals surface area (Å²) in [5.74, 6) is -1.08. The second-order valence-corrected chi connectivity index (χ2v) is 7.12. The number of benzene rings is 1. The summed E-state index contributed by atoms with van der Waals surface area (Å²) in [5.41, 5.74) is 0.872. The molecule has 0 saturated carbocycles. The maximum absolute atomic E-state index is 11.3. The van der Waals surface area contributed by atoms with Crippen molar-refractivity contribution >= 4 is 37.8 Å². The number of rotatable bonds is 2. The molecule has 2 aromatic rings. The first-order chi connectivity index (χ1) is 9.21. The Morgan fingerprint density at radius 3 is 2.50 bits per heavy atom. The van der Waals surface area contributed by atoms with Gasteiger partial charge in [0.15, 0.2) is 5.69 Å². The Hall–Kier alpha value is -1.21. The van der Waals surface area contributed by atoms with E-state index < -0.39 is 11.4 Å². The molecule has 1 aromatic carbocycles. The van der Waals surface area contributed by atoms with Crippen molar-refractivity contribution in [2.45, 2.75) is 26.2 Å². The molecule has 2 rings (SSSR count). The van der Waals surface area contributed by atoms with Crippen molar-refractivity contribution in [3.8, 4) is 5.69 Å². The normalized spacial score (nSPS) is 11.7. The molecule has 0 unspecified atom stereocenters. The first-order valence-electron chi connectivity index (χ1n) is 5.86. The van der Waals surface area contributed by atoms with Gasteiger partial charge in [0.25, 0.3) is 0 Å². The molecule has 0 fully saturated rings. The van der Waals surface area contributed by atoms with Crippen molar-refractivity contribution in [2.24, 2.45) is 0 Å². The quantitative estimate of drug-likeness (QED) is 0.829. The summed E-state index contributed by atoms with van der Waals surface area (Å²) in [6.07, 6.45) is 0. The Kier molecular flexibility index (Phi) is 4.02. The minimum Gasteiger partial charge on any atom is -0.476 e. The van der Waals surface area contributed by atoms with Crippen LogP contribution in [0, 0.1) is 0 Å². The molecule has 1 aromatic heterocycles. The van der Waals surface area contributed by atoms with E-state index in [1.165, 1.54) is 0 Å². The fourth-order valence-electron chi connectivity index (χ4n) is 1.92. The van der Waals surface area contributed by atoms with Gasteiger partial charge in [0.1, 0.15) is 0 Å². The average Bonchev–Trinajstić information content (AvgIpc) is 2.76. The zero-order valence-corrected chi connectivity index (χ0v) is 14.4. The van der Waals surface area contributed by atoms with Gasteiger partial charge in [0.2, 0.25) is 0 Å². The Balaban J connectivity index is 2.75. The molecule has 0 saturated heterocycles. The molecule has 5 nitrogen and oxygen atoms in total. The van der Waals surface area contributed by atoms with E-state index in [-0.39, 0.29) is 5.69 Å². The predicted molar refractivity (Wildman–Crippen MR) is 82.4 cm³/mol. The lowest BCUT2D eigenvalue weighted by Gasteiger charge is -2.20. The van der Waals surface area contributed by atoms with Crippen molar-refractivity contribution in [1.82, 2.24) is 15.0 Å². The Morgan fingerprint density at radius 1 is 1.30 bits per heavy atom. The highest BCUT2D eigenvalue weighted by atomic mass is 79.9. The van der Waals surface area contributed by atoms with Crippen LogP contribution in [-0.2, 0) is 5.41 Å². The number of nitrogens with zero attached hydrogens (tertiary/aromatic N) is 3. The first kappa shape index (κ1) is 15.2. The van der Waals surface area contributed by atoms with E-state index in [1.54, 1.807) is 4.68 Å². The van der Waals surface area contributed by atoms with Crippen LogP contribution >= 0.6 is 31.9 Å². The van der Waals surface area contributed by atoms with Crippen molar-refractivity contribution in [3.05, 3.63) is 38.5 Å². The average molecular weight is 403 g/mol. The molecule has 0 radical (unpaired) electrons. The second-order valence-electron chi connectivity index (χ2n) is 5.35. The minimum atomic E-state index is -1.08. The maximum Gasteiger partial charge on any atom is 0.358 e. The van der Waals surface area contributed by atoms with Crippen LogP contribution in [0.4, 0.5) is 0 Å². The standard InChI is InChI=1S/C13H13Br2N3O2/c1-13(2,3)11-10(12(19)20)16-17-18(11)9-6-7(14)4-5-8(9)15/h4-6H,1-3H3,(H,19,20). The van der Waals surface area contributed by atoms with Crippen LogP contribution < -0.4 is 0 Å². The topological polar surface area (TPSA) is 68.0 Å². The summed E-state index contributed by atoms with van der Waals surface area (Å²) in [6, 6.07) is 5.62. The van der Waals surface area contributed by atoms with Crippen molar-refractivity contribution in [2.75, 3.05) is 0 Å². The number of hydrogen-bond donors (Lipinski definition) is 1. The zero-order valence-electron chi connectivity index (χ0n) is 11.2. The van der Waals surface area contributed by atoms with E-state index in [0.29, 0.717) is 5.69 Å². The maximum atomic E-state index is 11.3. The lowest BCUT2D eigenvalue weighted by Crippen LogP contribution is -2.21. The van der Waals surface area contributed by atoms with E-state index in [1.807, 2.05) is 39.0 Å². The monoisotopic (exact) mass is 401 g/mol. The van der Waals surface area contributed by atoms with Crippen molar-refractivity contribution < 1.29 is 9.90 Å². The number of aromatic nitrogens is 3. The summed E-state index contributed by atoms with van der Waals surface area (Å²) in [6.45, 7) is 5.79. The number of carbonyl (C=O) groups is 1. The molecular formula is C13H13Br2N3O2. The summed E-state index contributed by atoms with van der Waals surface area (Å²) in [4.78, 5) is 11.3. The molecule has 0 atom stereocenters. The Bertz CT molecular complexity index is 675. The molecule has 0 bridgehead atoms. The lowest BCUT2D eigenvalue weighted by molar-refractivity contribution is 0.0687. The van der Waals surface area contributed by atoms with Gasteiger partial charge in [0.05, 0.1) is 11.4 Å². The third-order valence-electron chi connectivity index (χ3n) is 2.72. The van der Waals surface area contributed by atoms with Gasteiger partial charge in [0, 0.05) is 14.4 Å². The number of carboxylic acids is 1. The van der Waals surface area contributed by atoms with Gasteiger partial charge in [-0.1, -0.05) is 41.9 Å². The molecule has 1 heterocycles. The fraction of sp³-hybridized carbons (Fsp3) is 0.308. The van der Waals surface area contributed by atoms with Gasteiger partial charge in [-0.2, -0.15) is 0 Å². The van der Waals surface area contributed by atoms with Gasteiger partial charge in [-0.25, -0.2) is 9.48 Å². The van der Waals surface area contributed by atoms with E-state index in [2.05, 4.69) is 42.2 Å². The van der Waals surface area contributed by atoms with Gasteiger partial charge >= 0.3 is 5.97 Å². The lowest BCUT2D eigenvalue weighted by atomic mass is 9.90. The molecule has 0 amide bonds. The Morgan fingerprint density at radius 2 is 1.95 bits per heavy atom. The minimum absolute atomic E-state index is 0.0237. The molecule has 1 N–H and O–H groups in total. The van der Waals surface area contributed by atoms with Crippen LogP contribution in [-0.4, -0.2) is 26.1 Å². The summed E-state index contributed by atoms with van der Waals surface area (Å²) < 4.78 is 3.26. The van der Waals surface area contributed by atoms with Crippen LogP contribution in [0.3, 0.4) is 0 Å². The highest BCUT2D eigenvalue weighted by molar-refractivity contribution is 9.11. The highest BCUT2D eigenvalue weighted by Crippen LogP contribution is 2.31. The van der Waals surface area contributed by atoms with Crippen LogP contribution in [0.15, 0.2) is 27.1 Å². The molecule has 106 valence electrons. The number of carboxylic acid groups (broad SMARTS) is 1. The molecular weight excluding hydrogens is 390 g/mol. The third kappa shape index (κ3) is 2.78. The summed E-state index contributed by atoms with van der Waals surface area (Å²) >= 11 is 6.86. The fourth-order valence-corrected chi connectivity index (χ4v) is 2.68. The molecule has 0 aliphatic heterocycles. The van der Waals surface area contributed by atoms with Gasteiger partial charge in [-0.05, 0) is 34.1 Å². The summed E-state index contributed by atoms with van der Waals surface area (Å²) in [5, 5.41) is 17.1. The van der Waals surface area contributed by atoms with Crippen LogP contribution in [0.25, 0.3) is 5.69 Å². The number of halogens is 2. The van der Waals surface area contributed by atoms with Gasteiger partial charge in [-0.3, -0.25) is 0 Å². The SMILES string of the molecule is CC(C)(C)c1c(C(=O)O)nnn1-c1cc(Br)ccc1Br. The molecule has 20 heavy (non-hydrogen) atoms. The van der Waals surface area contributed by atoms with Crippen LogP contribution in [0.1, 0.15) is 37.0 Å². The second kappa shape index (κ2) is 5.29. The van der Waals surface area contributed by atoms with Gasteiger partial charge in [-0.15, -0.1) is 5.10 Å². The predicted octanol–water partition coefficient (Wildman–Crippen LogP) is 3.79. The van der Waals surface area contributed by atoms with E-state index in [0.717, 1.165) is 14.6 Å². The Labute approximate surface area is 133 Å².